The normalized spacial score (nSPS) is 10.8. The number of rotatable bonds is 4. The molecule has 1 aromatic carbocycles. The van der Waals surface area contributed by atoms with Crippen LogP contribution in [0.2, 0.25) is 5.15 Å². The van der Waals surface area contributed by atoms with Crippen molar-refractivity contribution < 1.29 is 18.6 Å². The van der Waals surface area contributed by atoms with Gasteiger partial charge in [-0.1, -0.05) is 11.6 Å². The number of aliphatic hydroxyl groups is 1. The van der Waals surface area contributed by atoms with E-state index in [4.69, 9.17) is 21.4 Å². The van der Waals surface area contributed by atoms with E-state index in [1.165, 1.54) is 6.20 Å². The highest BCUT2D eigenvalue weighted by Gasteiger charge is 2.14. The van der Waals surface area contributed by atoms with E-state index in [1.54, 1.807) is 11.6 Å². The van der Waals surface area contributed by atoms with Gasteiger partial charge in [-0.25, -0.2) is 13.8 Å². The van der Waals surface area contributed by atoms with Crippen LogP contribution in [0.15, 0.2) is 18.3 Å². The monoisotopic (exact) mass is 288 g/mol. The van der Waals surface area contributed by atoms with E-state index in [9.17, 15) is 8.78 Å². The van der Waals surface area contributed by atoms with Crippen LogP contribution in [0, 0.1) is 11.6 Å². The number of hydrogen-bond donors (Lipinski definition) is 1. The van der Waals surface area contributed by atoms with Gasteiger partial charge in [0.15, 0.2) is 17.4 Å². The molecule has 0 aliphatic rings. The molecule has 0 amide bonds. The summed E-state index contributed by atoms with van der Waals surface area (Å²) in [6.45, 7) is -0.557. The van der Waals surface area contributed by atoms with Crippen molar-refractivity contribution >= 4 is 11.6 Å². The summed E-state index contributed by atoms with van der Waals surface area (Å²) in [5, 5.41) is 9.22. The predicted octanol–water partition coefficient (Wildman–Crippen LogP) is 2.42. The second-order valence-corrected chi connectivity index (χ2v) is 4.28. The molecule has 0 spiro atoms. The van der Waals surface area contributed by atoms with Gasteiger partial charge in [0.2, 0.25) is 0 Å². The smallest absolute Gasteiger partial charge is 0.191 e. The standard InChI is InChI=1S/C12H11ClF2N2O2/c1-17-10(13)4-16-11(17)6-19-12-8(14)2-7(5-18)3-9(12)15/h2-4,18H,5-6H2,1H3. The van der Waals surface area contributed by atoms with Crippen LogP contribution in [0.25, 0.3) is 0 Å². The molecule has 0 fully saturated rings. The van der Waals surface area contributed by atoms with Crippen LogP contribution in [-0.4, -0.2) is 14.7 Å². The predicted molar refractivity (Wildman–Crippen MR) is 64.8 cm³/mol. The van der Waals surface area contributed by atoms with Crippen LogP contribution < -0.4 is 4.74 Å². The Morgan fingerprint density at radius 3 is 2.47 bits per heavy atom. The fourth-order valence-corrected chi connectivity index (χ4v) is 1.68. The minimum absolute atomic E-state index is 0.116. The third-order valence-corrected chi connectivity index (χ3v) is 2.97. The third kappa shape index (κ3) is 2.85. The number of ether oxygens (including phenoxy) is 1. The summed E-state index contributed by atoms with van der Waals surface area (Å²) >= 11 is 5.78. The minimum atomic E-state index is -0.871. The molecule has 102 valence electrons. The van der Waals surface area contributed by atoms with Crippen LogP contribution in [0.3, 0.4) is 0 Å². The molecular formula is C12H11ClF2N2O2. The second kappa shape index (κ2) is 5.54. The molecule has 4 nitrogen and oxygen atoms in total. The lowest BCUT2D eigenvalue weighted by atomic mass is 10.2. The van der Waals surface area contributed by atoms with Gasteiger partial charge in [-0.05, 0) is 17.7 Å². The maximum atomic E-state index is 13.6. The summed E-state index contributed by atoms with van der Waals surface area (Å²) in [7, 11) is 1.66. The topological polar surface area (TPSA) is 47.3 Å². The average molecular weight is 289 g/mol. The largest absolute Gasteiger partial charge is 0.480 e. The summed E-state index contributed by atoms with van der Waals surface area (Å²) in [4.78, 5) is 3.94. The minimum Gasteiger partial charge on any atom is -0.480 e. The van der Waals surface area contributed by atoms with Crippen molar-refractivity contribution in [1.82, 2.24) is 9.55 Å². The van der Waals surface area contributed by atoms with E-state index in [0.29, 0.717) is 11.0 Å². The Hall–Kier alpha value is -1.66. The van der Waals surface area contributed by atoms with E-state index in [1.807, 2.05) is 0 Å². The fraction of sp³-hybridized carbons (Fsp3) is 0.250. The molecular weight excluding hydrogens is 278 g/mol. The molecule has 1 heterocycles. The molecule has 0 aliphatic heterocycles. The number of nitrogens with zero attached hydrogens (tertiary/aromatic N) is 2. The molecule has 0 aliphatic carbocycles. The molecule has 0 bridgehead atoms. The highest BCUT2D eigenvalue weighted by molar-refractivity contribution is 6.29. The van der Waals surface area contributed by atoms with Crippen LogP contribution in [0.5, 0.6) is 5.75 Å². The Morgan fingerprint density at radius 2 is 2.00 bits per heavy atom. The van der Waals surface area contributed by atoms with Crippen molar-refractivity contribution in [2.45, 2.75) is 13.2 Å². The number of halogens is 3. The van der Waals surface area contributed by atoms with Gasteiger partial charge in [-0.3, -0.25) is 0 Å². The molecule has 1 N–H and O–H groups in total. The lowest BCUT2D eigenvalue weighted by Crippen LogP contribution is -2.06. The number of hydrogen-bond acceptors (Lipinski definition) is 3. The van der Waals surface area contributed by atoms with Gasteiger partial charge < -0.3 is 14.4 Å². The van der Waals surface area contributed by atoms with Gasteiger partial charge in [0.05, 0.1) is 12.8 Å². The number of aliphatic hydroxyl groups excluding tert-OH is 1. The molecule has 0 saturated heterocycles. The molecule has 2 aromatic rings. The van der Waals surface area contributed by atoms with E-state index in [0.717, 1.165) is 12.1 Å². The first kappa shape index (κ1) is 13.8. The second-order valence-electron chi connectivity index (χ2n) is 3.89. The first-order chi connectivity index (χ1) is 9.02. The Labute approximate surface area is 113 Å². The average Bonchev–Trinajstić information content (AvgIpc) is 2.69. The Bertz CT molecular complexity index is 578. The Morgan fingerprint density at radius 1 is 1.37 bits per heavy atom. The zero-order valence-electron chi connectivity index (χ0n) is 10.0. The van der Waals surface area contributed by atoms with Gasteiger partial charge in [0, 0.05) is 7.05 Å². The van der Waals surface area contributed by atoms with Crippen LogP contribution >= 0.6 is 11.6 Å². The van der Waals surface area contributed by atoms with Crippen molar-refractivity contribution in [3.05, 3.63) is 46.5 Å². The number of aromatic nitrogens is 2. The van der Waals surface area contributed by atoms with E-state index in [2.05, 4.69) is 4.98 Å². The van der Waals surface area contributed by atoms with Crippen LogP contribution in [0.4, 0.5) is 8.78 Å². The highest BCUT2D eigenvalue weighted by Crippen LogP contribution is 2.24. The Kier molecular flexibility index (Phi) is 4.01. The summed E-state index contributed by atoms with van der Waals surface area (Å²) in [6.07, 6.45) is 1.42. The Balaban J connectivity index is 2.18. The highest BCUT2D eigenvalue weighted by atomic mass is 35.5. The van der Waals surface area contributed by atoms with Crippen molar-refractivity contribution in [3.8, 4) is 5.75 Å². The van der Waals surface area contributed by atoms with Gasteiger partial charge in [0.25, 0.3) is 0 Å². The SMILES string of the molecule is Cn1c(Cl)cnc1COc1c(F)cc(CO)cc1F. The molecule has 19 heavy (non-hydrogen) atoms. The van der Waals surface area contributed by atoms with Gasteiger partial charge in [0.1, 0.15) is 17.6 Å². The molecule has 7 heteroatoms. The number of benzene rings is 1. The fourth-order valence-electron chi connectivity index (χ4n) is 1.54. The van der Waals surface area contributed by atoms with E-state index >= 15 is 0 Å². The first-order valence-corrected chi connectivity index (χ1v) is 5.78. The molecule has 0 radical (unpaired) electrons. The van der Waals surface area contributed by atoms with E-state index in [-0.39, 0.29) is 12.2 Å². The van der Waals surface area contributed by atoms with Crippen molar-refractivity contribution in [1.29, 1.82) is 0 Å². The number of imidazole rings is 1. The zero-order chi connectivity index (χ0) is 14.0. The zero-order valence-corrected chi connectivity index (χ0v) is 10.8. The lowest BCUT2D eigenvalue weighted by Gasteiger charge is -2.09. The first-order valence-electron chi connectivity index (χ1n) is 5.40. The van der Waals surface area contributed by atoms with Gasteiger partial charge in [-0.15, -0.1) is 0 Å². The van der Waals surface area contributed by atoms with Gasteiger partial charge in [-0.2, -0.15) is 0 Å². The maximum absolute atomic E-state index is 13.6. The maximum Gasteiger partial charge on any atom is 0.191 e. The van der Waals surface area contributed by atoms with Gasteiger partial charge >= 0.3 is 0 Å². The molecule has 0 atom stereocenters. The third-order valence-electron chi connectivity index (χ3n) is 2.61. The lowest BCUT2D eigenvalue weighted by molar-refractivity contribution is 0.258. The molecule has 0 saturated carbocycles. The quantitative estimate of drug-likeness (QED) is 0.940. The summed E-state index contributed by atoms with van der Waals surface area (Å²) in [5.41, 5.74) is 0.141. The molecule has 0 unspecified atom stereocenters. The summed E-state index contributed by atoms with van der Waals surface area (Å²) in [5.74, 6) is -1.81. The molecule has 1 aromatic heterocycles. The van der Waals surface area contributed by atoms with Crippen LogP contribution in [-0.2, 0) is 20.3 Å². The van der Waals surface area contributed by atoms with E-state index < -0.39 is 24.0 Å². The van der Waals surface area contributed by atoms with Crippen molar-refractivity contribution in [3.63, 3.8) is 0 Å². The molecule has 2 rings (SSSR count). The summed E-state index contributed by atoms with van der Waals surface area (Å²) in [6, 6.07) is 2.04. The van der Waals surface area contributed by atoms with Crippen molar-refractivity contribution in [2.75, 3.05) is 0 Å². The van der Waals surface area contributed by atoms with Crippen molar-refractivity contribution in [2.24, 2.45) is 7.05 Å². The van der Waals surface area contributed by atoms with Crippen LogP contribution in [0.1, 0.15) is 11.4 Å². The summed E-state index contributed by atoms with van der Waals surface area (Å²) < 4.78 is 33.8.